The minimum atomic E-state index is 0.591. The van der Waals surface area contributed by atoms with Crippen molar-refractivity contribution >= 4 is 0 Å². The van der Waals surface area contributed by atoms with Crippen molar-refractivity contribution in [1.82, 2.24) is 29.7 Å². The maximum Gasteiger partial charge on any atom is 0.178 e. The van der Waals surface area contributed by atoms with Gasteiger partial charge >= 0.3 is 0 Å². The Morgan fingerprint density at radius 2 is 1.62 bits per heavy atom. The van der Waals surface area contributed by atoms with Gasteiger partial charge in [0.05, 0.1) is 5.69 Å². The van der Waals surface area contributed by atoms with Gasteiger partial charge in [0.1, 0.15) is 5.69 Å². The van der Waals surface area contributed by atoms with Crippen LogP contribution in [0.4, 0.5) is 0 Å². The zero-order valence-corrected chi connectivity index (χ0v) is 16.6. The van der Waals surface area contributed by atoms with Crippen LogP contribution in [0, 0.1) is 5.92 Å². The third-order valence-corrected chi connectivity index (χ3v) is 6.00. The van der Waals surface area contributed by atoms with Gasteiger partial charge in [0.2, 0.25) is 0 Å². The lowest BCUT2D eigenvalue weighted by Gasteiger charge is -2.36. The monoisotopic (exact) mass is 386 g/mol. The first-order valence-electron chi connectivity index (χ1n) is 10.4. The predicted octanol–water partition coefficient (Wildman–Crippen LogP) is 3.03. The minimum Gasteiger partial charge on any atom is -0.296 e. The molecule has 3 aromatic heterocycles. The Morgan fingerprint density at radius 1 is 0.793 bits per heavy atom. The molecule has 0 unspecified atom stereocenters. The van der Waals surface area contributed by atoms with Crippen molar-refractivity contribution in [1.29, 1.82) is 0 Å². The van der Waals surface area contributed by atoms with Gasteiger partial charge in [-0.3, -0.25) is 19.8 Å². The highest BCUT2D eigenvalue weighted by Crippen LogP contribution is 2.29. The molecular weight excluding hydrogens is 360 g/mol. The summed E-state index contributed by atoms with van der Waals surface area (Å²) in [7, 11) is 0. The second-order valence-electron chi connectivity index (χ2n) is 8.17. The minimum absolute atomic E-state index is 0.591. The first-order valence-corrected chi connectivity index (χ1v) is 10.4. The number of aromatic nitrogens is 4. The maximum atomic E-state index is 4.55. The number of piperidine rings is 1. The highest BCUT2D eigenvalue weighted by molar-refractivity contribution is 5.47. The molecule has 2 atom stereocenters. The average molecular weight is 387 g/mol. The highest BCUT2D eigenvalue weighted by atomic mass is 15.3. The van der Waals surface area contributed by atoms with Crippen molar-refractivity contribution in [2.45, 2.75) is 32.0 Å². The average Bonchev–Trinajstić information content (AvgIpc) is 3.06. The SMILES string of the molecule is c1ccc(CN2C[C@H]3CC[C@@H](C2)N(Cc2cnc(-c4ccccn4)nc2)C3)nc1. The molecule has 3 saturated heterocycles. The maximum absolute atomic E-state index is 4.55. The van der Waals surface area contributed by atoms with E-state index in [9.17, 15) is 0 Å². The zero-order valence-electron chi connectivity index (χ0n) is 16.6. The molecule has 0 amide bonds. The molecule has 3 aliphatic heterocycles. The van der Waals surface area contributed by atoms with Gasteiger partial charge in [-0.1, -0.05) is 12.1 Å². The van der Waals surface area contributed by atoms with Gasteiger partial charge in [-0.2, -0.15) is 0 Å². The first kappa shape index (κ1) is 18.3. The molecule has 0 spiro atoms. The summed E-state index contributed by atoms with van der Waals surface area (Å²) in [5, 5.41) is 0. The molecule has 6 rings (SSSR count). The van der Waals surface area contributed by atoms with Crippen LogP contribution in [0.25, 0.3) is 11.5 Å². The molecule has 0 aromatic carbocycles. The van der Waals surface area contributed by atoms with Crippen molar-refractivity contribution in [3.63, 3.8) is 0 Å². The van der Waals surface area contributed by atoms with E-state index in [1.165, 1.54) is 30.6 Å². The number of fused-ring (bicyclic) bond motifs is 4. The van der Waals surface area contributed by atoms with Crippen molar-refractivity contribution in [2.75, 3.05) is 19.6 Å². The van der Waals surface area contributed by atoms with E-state index in [4.69, 9.17) is 0 Å². The van der Waals surface area contributed by atoms with Crippen LogP contribution in [0.2, 0.25) is 0 Å². The lowest BCUT2D eigenvalue weighted by molar-refractivity contribution is 0.123. The van der Waals surface area contributed by atoms with Crippen molar-refractivity contribution in [3.8, 4) is 11.5 Å². The molecule has 0 radical (unpaired) electrons. The zero-order chi connectivity index (χ0) is 19.5. The Bertz CT molecular complexity index is 915. The van der Waals surface area contributed by atoms with Gasteiger partial charge in [-0.15, -0.1) is 0 Å². The fourth-order valence-electron chi connectivity index (χ4n) is 4.62. The normalized spacial score (nSPS) is 22.5. The molecule has 0 saturated carbocycles. The van der Waals surface area contributed by atoms with Crippen LogP contribution in [-0.4, -0.2) is 55.4 Å². The summed E-state index contributed by atoms with van der Waals surface area (Å²) < 4.78 is 0. The molecule has 0 aliphatic carbocycles. The fraction of sp³-hybridized carbons (Fsp3) is 0.391. The largest absolute Gasteiger partial charge is 0.296 e. The van der Waals surface area contributed by atoms with E-state index >= 15 is 0 Å². The van der Waals surface area contributed by atoms with Gasteiger partial charge in [0.15, 0.2) is 5.82 Å². The number of pyridine rings is 2. The van der Waals surface area contributed by atoms with E-state index in [1.54, 1.807) is 6.20 Å². The van der Waals surface area contributed by atoms with Gasteiger partial charge in [0, 0.05) is 69.1 Å². The Kier molecular flexibility index (Phi) is 5.28. The van der Waals surface area contributed by atoms with Gasteiger partial charge in [-0.05, 0) is 43.0 Å². The summed E-state index contributed by atoms with van der Waals surface area (Å²) in [5.41, 5.74) is 3.16. The number of hydrogen-bond donors (Lipinski definition) is 0. The van der Waals surface area contributed by atoms with E-state index in [2.05, 4.69) is 41.9 Å². The Labute approximate surface area is 171 Å². The molecule has 29 heavy (non-hydrogen) atoms. The Hall–Kier alpha value is -2.70. The van der Waals surface area contributed by atoms with E-state index in [-0.39, 0.29) is 0 Å². The van der Waals surface area contributed by atoms with Crippen LogP contribution in [0.1, 0.15) is 24.1 Å². The smallest absolute Gasteiger partial charge is 0.178 e. The summed E-state index contributed by atoms with van der Waals surface area (Å²) in [6.07, 6.45) is 10.2. The fourth-order valence-corrected chi connectivity index (χ4v) is 4.62. The van der Waals surface area contributed by atoms with Crippen LogP contribution < -0.4 is 0 Å². The Morgan fingerprint density at radius 3 is 2.38 bits per heavy atom. The van der Waals surface area contributed by atoms with Crippen LogP contribution in [0.5, 0.6) is 0 Å². The van der Waals surface area contributed by atoms with Crippen LogP contribution in [-0.2, 0) is 13.1 Å². The summed E-state index contributed by atoms with van der Waals surface area (Å²) >= 11 is 0. The van der Waals surface area contributed by atoms with E-state index < -0.39 is 0 Å². The van der Waals surface area contributed by atoms with Crippen molar-refractivity contribution < 1.29 is 0 Å². The quantitative estimate of drug-likeness (QED) is 0.672. The van der Waals surface area contributed by atoms with Gasteiger partial charge < -0.3 is 0 Å². The molecule has 6 nitrogen and oxygen atoms in total. The van der Waals surface area contributed by atoms with Crippen molar-refractivity contribution in [2.24, 2.45) is 5.92 Å². The summed E-state index contributed by atoms with van der Waals surface area (Å²) in [5.74, 6) is 1.42. The van der Waals surface area contributed by atoms with Crippen LogP contribution in [0.3, 0.4) is 0 Å². The Balaban J connectivity index is 1.25. The number of rotatable bonds is 5. The highest BCUT2D eigenvalue weighted by Gasteiger charge is 2.34. The molecule has 148 valence electrons. The van der Waals surface area contributed by atoms with Gasteiger partial charge in [0.25, 0.3) is 0 Å². The van der Waals surface area contributed by atoms with Gasteiger partial charge in [-0.25, -0.2) is 9.97 Å². The summed E-state index contributed by atoms with van der Waals surface area (Å²) in [6.45, 7) is 5.30. The topological polar surface area (TPSA) is 58.0 Å². The summed E-state index contributed by atoms with van der Waals surface area (Å²) in [4.78, 5) is 23.2. The standard InChI is InChI=1S/C23H26N6/c1-3-9-24-20(5-1)16-28-13-18-7-8-21(17-28)29(14-18)15-19-11-26-23(27-12-19)22-6-2-4-10-25-22/h1-6,9-12,18,21H,7-8,13-17H2/t18-,21+/m1/s1. The summed E-state index contributed by atoms with van der Waals surface area (Å²) in [6, 6.07) is 12.6. The predicted molar refractivity (Wildman–Crippen MR) is 112 cm³/mol. The first-order chi connectivity index (χ1) is 14.3. The van der Waals surface area contributed by atoms with Crippen molar-refractivity contribution in [3.05, 3.63) is 72.4 Å². The van der Waals surface area contributed by atoms with E-state index in [0.29, 0.717) is 11.9 Å². The molecule has 2 bridgehead atoms. The second kappa shape index (κ2) is 8.35. The second-order valence-corrected chi connectivity index (χ2v) is 8.17. The number of hydrogen-bond acceptors (Lipinski definition) is 6. The third-order valence-electron chi connectivity index (χ3n) is 6.00. The molecule has 0 N–H and O–H groups in total. The molecule has 3 aliphatic rings. The molecule has 6 heteroatoms. The van der Waals surface area contributed by atoms with E-state index in [0.717, 1.165) is 37.8 Å². The van der Waals surface area contributed by atoms with Crippen LogP contribution >= 0.6 is 0 Å². The lowest BCUT2D eigenvalue weighted by Crippen LogP contribution is -2.43. The molecule has 6 heterocycles. The molecular formula is C23H26N6. The van der Waals surface area contributed by atoms with E-state index in [1.807, 2.05) is 42.9 Å². The third kappa shape index (κ3) is 4.33. The molecule has 3 aromatic rings. The lowest BCUT2D eigenvalue weighted by atomic mass is 9.95. The molecule has 3 fully saturated rings. The number of nitrogens with zero attached hydrogens (tertiary/aromatic N) is 6. The van der Waals surface area contributed by atoms with Crippen LogP contribution in [0.15, 0.2) is 61.2 Å².